The average Bonchev–Trinajstić information content (AvgIpc) is 3.22. The number of halogens is 3. The zero-order chi connectivity index (χ0) is 23.4. The lowest BCUT2D eigenvalue weighted by atomic mass is 10.2. The summed E-state index contributed by atoms with van der Waals surface area (Å²) in [6.07, 6.45) is -4.71. The van der Waals surface area contributed by atoms with Gasteiger partial charge in [0.2, 0.25) is 16.8 Å². The molecule has 1 amide bonds. The van der Waals surface area contributed by atoms with E-state index in [4.69, 9.17) is 21.7 Å². The molecule has 0 spiro atoms. The number of hydrogen-bond donors (Lipinski definition) is 4. The number of rotatable bonds is 6. The van der Waals surface area contributed by atoms with Crippen molar-refractivity contribution in [3.05, 3.63) is 53.6 Å². The minimum absolute atomic E-state index is 0.0756. The maximum Gasteiger partial charge on any atom is 0.402 e. The number of fused-ring (bicyclic) bond motifs is 1. The number of hydrogen-bond acceptors (Lipinski definition) is 6. The first kappa shape index (κ1) is 23.6. The van der Waals surface area contributed by atoms with E-state index in [0.29, 0.717) is 18.0 Å². The molecule has 0 saturated heterocycles. The van der Waals surface area contributed by atoms with Crippen molar-refractivity contribution in [2.24, 2.45) is 0 Å². The first-order chi connectivity index (χ1) is 15.0. The summed E-state index contributed by atoms with van der Waals surface area (Å²) in [5.41, 5.74) is 5.47. The fraction of sp³-hybridized carbons (Fsp3) is 0.222. The third kappa shape index (κ3) is 6.45. The Kier molecular flexibility index (Phi) is 7.06. The molecule has 0 saturated carbocycles. The molecule has 4 N–H and O–H groups in total. The van der Waals surface area contributed by atoms with Crippen LogP contribution in [0.25, 0.3) is 0 Å². The van der Waals surface area contributed by atoms with Crippen molar-refractivity contribution < 1.29 is 35.9 Å². The van der Waals surface area contributed by atoms with Gasteiger partial charge in [0.05, 0.1) is 4.90 Å². The van der Waals surface area contributed by atoms with Crippen molar-refractivity contribution in [1.82, 2.24) is 20.9 Å². The highest BCUT2D eigenvalue weighted by Crippen LogP contribution is 2.32. The van der Waals surface area contributed by atoms with E-state index in [-0.39, 0.29) is 17.5 Å². The Morgan fingerprint density at radius 1 is 1.06 bits per heavy atom. The number of alkyl halides is 3. The Labute approximate surface area is 186 Å². The van der Waals surface area contributed by atoms with Gasteiger partial charge in [-0.2, -0.15) is 13.2 Å². The normalized spacial score (nSPS) is 12.8. The van der Waals surface area contributed by atoms with Crippen molar-refractivity contribution in [1.29, 1.82) is 0 Å². The molecule has 2 aromatic rings. The maximum atomic E-state index is 12.3. The third-order valence-corrected chi connectivity index (χ3v) is 5.69. The van der Waals surface area contributed by atoms with Gasteiger partial charge in [-0.1, -0.05) is 12.1 Å². The minimum atomic E-state index is -4.71. The molecule has 0 atom stereocenters. The molecular weight excluding hydrogens is 473 g/mol. The summed E-state index contributed by atoms with van der Waals surface area (Å²) in [6, 6.07) is 9.87. The van der Waals surface area contributed by atoms with Gasteiger partial charge in [-0.05, 0) is 48.1 Å². The summed E-state index contributed by atoms with van der Waals surface area (Å²) in [4.78, 5) is 11.8. The maximum absolute atomic E-state index is 12.3. The zero-order valence-electron chi connectivity index (χ0n) is 16.2. The SMILES string of the molecule is O=C(NNC(=S)NCc1ccc2c(c1)OCO2)c1cccc(S(=O)(=O)NCC(F)(F)F)c1. The lowest BCUT2D eigenvalue weighted by molar-refractivity contribution is -0.121. The number of thiocarbonyl (C=S) groups is 1. The van der Waals surface area contributed by atoms with Crippen LogP contribution in [0.1, 0.15) is 15.9 Å². The predicted molar refractivity (Wildman–Crippen MR) is 110 cm³/mol. The van der Waals surface area contributed by atoms with Gasteiger partial charge < -0.3 is 14.8 Å². The lowest BCUT2D eigenvalue weighted by Gasteiger charge is -2.13. The number of carbonyl (C=O) groups is 1. The van der Waals surface area contributed by atoms with Gasteiger partial charge in [0.15, 0.2) is 16.6 Å². The van der Waals surface area contributed by atoms with Gasteiger partial charge in [0.25, 0.3) is 5.91 Å². The second-order valence-electron chi connectivity index (χ2n) is 6.42. The van der Waals surface area contributed by atoms with Crippen LogP contribution in [0.2, 0.25) is 0 Å². The molecule has 0 bridgehead atoms. The van der Waals surface area contributed by atoms with E-state index < -0.39 is 33.5 Å². The Balaban J connectivity index is 1.52. The van der Waals surface area contributed by atoms with E-state index in [2.05, 4.69) is 16.2 Å². The Morgan fingerprint density at radius 2 is 1.81 bits per heavy atom. The fourth-order valence-electron chi connectivity index (χ4n) is 2.53. The Hall–Kier alpha value is -3.10. The van der Waals surface area contributed by atoms with Crippen molar-refractivity contribution in [2.45, 2.75) is 17.6 Å². The predicted octanol–water partition coefficient (Wildman–Crippen LogP) is 1.56. The number of carbonyl (C=O) groups excluding carboxylic acids is 1. The molecule has 1 aliphatic rings. The molecular formula is C18H17F3N4O5S2. The van der Waals surface area contributed by atoms with Gasteiger partial charge in [-0.25, -0.2) is 13.1 Å². The largest absolute Gasteiger partial charge is 0.454 e. The van der Waals surface area contributed by atoms with Crippen LogP contribution in [0, 0.1) is 0 Å². The van der Waals surface area contributed by atoms with E-state index in [1.807, 2.05) is 0 Å². The highest BCUT2D eigenvalue weighted by atomic mass is 32.2. The fourth-order valence-corrected chi connectivity index (χ4v) is 3.71. The number of amides is 1. The molecule has 1 heterocycles. The summed E-state index contributed by atoms with van der Waals surface area (Å²) in [5, 5.41) is 2.94. The molecule has 172 valence electrons. The van der Waals surface area contributed by atoms with Crippen molar-refractivity contribution in [3.63, 3.8) is 0 Å². The van der Waals surface area contributed by atoms with E-state index in [0.717, 1.165) is 17.7 Å². The molecule has 2 aromatic carbocycles. The number of benzene rings is 2. The number of hydrazine groups is 1. The van der Waals surface area contributed by atoms with Crippen LogP contribution in [0.5, 0.6) is 11.5 Å². The van der Waals surface area contributed by atoms with Gasteiger partial charge in [0.1, 0.15) is 6.54 Å². The van der Waals surface area contributed by atoms with Gasteiger partial charge >= 0.3 is 6.18 Å². The van der Waals surface area contributed by atoms with Crippen LogP contribution in [-0.4, -0.2) is 39.0 Å². The molecule has 14 heteroatoms. The van der Waals surface area contributed by atoms with Crippen LogP contribution in [-0.2, 0) is 16.6 Å². The molecule has 0 aliphatic carbocycles. The van der Waals surface area contributed by atoms with E-state index >= 15 is 0 Å². The van der Waals surface area contributed by atoms with Crippen molar-refractivity contribution in [2.75, 3.05) is 13.3 Å². The zero-order valence-corrected chi connectivity index (χ0v) is 17.8. The second kappa shape index (κ2) is 9.58. The van der Waals surface area contributed by atoms with Crippen LogP contribution < -0.4 is 30.4 Å². The van der Waals surface area contributed by atoms with Crippen LogP contribution >= 0.6 is 12.2 Å². The van der Waals surface area contributed by atoms with Gasteiger partial charge in [-0.15, -0.1) is 0 Å². The molecule has 0 fully saturated rings. The monoisotopic (exact) mass is 490 g/mol. The summed E-state index contributed by atoms with van der Waals surface area (Å²) < 4.78 is 72.8. The van der Waals surface area contributed by atoms with Gasteiger partial charge in [-0.3, -0.25) is 15.6 Å². The number of sulfonamides is 1. The van der Waals surface area contributed by atoms with E-state index in [1.165, 1.54) is 16.9 Å². The number of ether oxygens (including phenoxy) is 2. The van der Waals surface area contributed by atoms with Crippen molar-refractivity contribution in [3.8, 4) is 11.5 Å². The third-order valence-electron chi connectivity index (χ3n) is 4.05. The molecule has 1 aliphatic heterocycles. The molecule has 9 nitrogen and oxygen atoms in total. The first-order valence-corrected chi connectivity index (χ1v) is 10.8. The molecule has 3 rings (SSSR count). The standard InChI is InChI=1S/C18H17F3N4O5S2/c19-18(20,21)9-23-32(27,28)13-3-1-2-12(7-13)16(26)24-25-17(31)22-8-11-4-5-14-15(6-11)30-10-29-14/h1-7,23H,8-10H2,(H,24,26)(H2,22,25,31). The van der Waals surface area contributed by atoms with Gasteiger partial charge in [0, 0.05) is 12.1 Å². The number of nitrogens with one attached hydrogen (secondary N) is 4. The topological polar surface area (TPSA) is 118 Å². The highest BCUT2D eigenvalue weighted by molar-refractivity contribution is 7.89. The van der Waals surface area contributed by atoms with E-state index in [9.17, 15) is 26.4 Å². The average molecular weight is 490 g/mol. The molecule has 0 aromatic heterocycles. The highest BCUT2D eigenvalue weighted by Gasteiger charge is 2.30. The van der Waals surface area contributed by atoms with Crippen LogP contribution in [0.4, 0.5) is 13.2 Å². The smallest absolute Gasteiger partial charge is 0.402 e. The summed E-state index contributed by atoms with van der Waals surface area (Å²) in [5.74, 6) is 0.501. The molecule has 32 heavy (non-hydrogen) atoms. The summed E-state index contributed by atoms with van der Waals surface area (Å²) >= 11 is 5.07. The van der Waals surface area contributed by atoms with Crippen LogP contribution in [0.3, 0.4) is 0 Å². The summed E-state index contributed by atoms with van der Waals surface area (Å²) in [6.45, 7) is -1.26. The Bertz CT molecular complexity index is 1130. The van der Waals surface area contributed by atoms with E-state index in [1.54, 1.807) is 18.2 Å². The lowest BCUT2D eigenvalue weighted by Crippen LogP contribution is -2.46. The quantitative estimate of drug-likeness (QED) is 0.356. The Morgan fingerprint density at radius 3 is 2.56 bits per heavy atom. The second-order valence-corrected chi connectivity index (χ2v) is 8.59. The van der Waals surface area contributed by atoms with Crippen LogP contribution in [0.15, 0.2) is 47.4 Å². The minimum Gasteiger partial charge on any atom is -0.454 e. The van der Waals surface area contributed by atoms with Crippen molar-refractivity contribution >= 4 is 33.3 Å². The summed E-state index contributed by atoms with van der Waals surface area (Å²) in [7, 11) is -4.45. The molecule has 0 unspecified atom stereocenters. The first-order valence-electron chi connectivity index (χ1n) is 8.93. The molecule has 0 radical (unpaired) electrons.